The van der Waals surface area contributed by atoms with Gasteiger partial charge in [-0.3, -0.25) is 9.59 Å². The molecule has 7 heteroatoms. The molecule has 43 heavy (non-hydrogen) atoms. The van der Waals surface area contributed by atoms with Gasteiger partial charge in [0, 0.05) is 46.8 Å². The average molecular weight is 576 g/mol. The molecule has 0 atom stereocenters. The summed E-state index contributed by atoms with van der Waals surface area (Å²) in [6.07, 6.45) is 7.54. The summed E-state index contributed by atoms with van der Waals surface area (Å²) < 4.78 is 0. The molecule has 4 aromatic rings. The lowest BCUT2D eigenvalue weighted by Gasteiger charge is -2.33. The highest BCUT2D eigenvalue weighted by Crippen LogP contribution is 2.26. The highest BCUT2D eigenvalue weighted by molar-refractivity contribution is 6.04. The molecule has 1 heterocycles. The maximum absolute atomic E-state index is 13.2. The Morgan fingerprint density at radius 2 is 1.56 bits per heavy atom. The number of anilines is 3. The minimum absolute atomic E-state index is 0.0296. The van der Waals surface area contributed by atoms with Crippen molar-refractivity contribution in [3.63, 3.8) is 0 Å². The Labute approximate surface area is 254 Å². The van der Waals surface area contributed by atoms with E-state index < -0.39 is 0 Å². The molecule has 1 aromatic heterocycles. The van der Waals surface area contributed by atoms with Crippen molar-refractivity contribution in [3.05, 3.63) is 102 Å². The summed E-state index contributed by atoms with van der Waals surface area (Å²) in [6.45, 7) is 9.23. The predicted molar refractivity (Wildman–Crippen MR) is 174 cm³/mol. The van der Waals surface area contributed by atoms with Crippen molar-refractivity contribution in [2.24, 2.45) is 0 Å². The molecule has 222 valence electrons. The van der Waals surface area contributed by atoms with E-state index in [0.717, 1.165) is 36.3 Å². The molecule has 0 bridgehead atoms. The number of benzene rings is 3. The molecule has 0 unspecified atom stereocenters. The van der Waals surface area contributed by atoms with Crippen molar-refractivity contribution in [2.75, 3.05) is 17.2 Å². The van der Waals surface area contributed by atoms with Crippen molar-refractivity contribution < 1.29 is 9.59 Å². The molecule has 5 rings (SSSR count). The van der Waals surface area contributed by atoms with Crippen LogP contribution < -0.4 is 10.6 Å². The van der Waals surface area contributed by atoms with Crippen LogP contribution in [-0.4, -0.2) is 39.3 Å². The number of aromatic nitrogens is 2. The van der Waals surface area contributed by atoms with E-state index in [9.17, 15) is 9.59 Å². The number of hydrogen-bond donors (Lipinski definition) is 2. The van der Waals surface area contributed by atoms with Gasteiger partial charge in [-0.2, -0.15) is 0 Å². The van der Waals surface area contributed by atoms with Crippen LogP contribution in [0.25, 0.3) is 11.3 Å². The Hall–Kier alpha value is -4.52. The van der Waals surface area contributed by atoms with E-state index in [0.29, 0.717) is 28.8 Å². The van der Waals surface area contributed by atoms with Crippen LogP contribution in [0.5, 0.6) is 0 Å². The molecule has 1 fully saturated rings. The molecule has 0 saturated heterocycles. The second kappa shape index (κ2) is 13.2. The smallest absolute Gasteiger partial charge is 0.255 e. The fraction of sp³-hybridized carbons (Fsp3) is 0.333. The molecular formula is C36H41N5O2. The summed E-state index contributed by atoms with van der Waals surface area (Å²) in [4.78, 5) is 37.2. The van der Waals surface area contributed by atoms with Crippen LogP contribution in [0.3, 0.4) is 0 Å². The maximum atomic E-state index is 13.2. The monoisotopic (exact) mass is 575 g/mol. The Bertz CT molecular complexity index is 1550. The van der Waals surface area contributed by atoms with Crippen LogP contribution in [-0.2, 0) is 5.41 Å². The molecular weight excluding hydrogens is 534 g/mol. The summed E-state index contributed by atoms with van der Waals surface area (Å²) >= 11 is 0. The minimum Gasteiger partial charge on any atom is -0.336 e. The summed E-state index contributed by atoms with van der Waals surface area (Å²) in [5.74, 6) is 0.376. The molecule has 1 aliphatic rings. The SMILES string of the molecule is CCN(C(=O)c1ccc(Nc2nccc(-c3cccc(NC(=O)c4ccc(C(C)(C)C)cc4)c3)n2)cc1)C1CCCCC1. The molecule has 2 amide bonds. The van der Waals surface area contributed by atoms with Crippen molar-refractivity contribution in [1.82, 2.24) is 14.9 Å². The summed E-state index contributed by atoms with van der Waals surface area (Å²) in [5.41, 5.74) is 5.57. The fourth-order valence-corrected chi connectivity index (χ4v) is 5.61. The van der Waals surface area contributed by atoms with Gasteiger partial charge in [0.1, 0.15) is 0 Å². The topological polar surface area (TPSA) is 87.2 Å². The lowest BCUT2D eigenvalue weighted by atomic mass is 9.87. The summed E-state index contributed by atoms with van der Waals surface area (Å²) in [5, 5.41) is 6.25. The van der Waals surface area contributed by atoms with E-state index >= 15 is 0 Å². The van der Waals surface area contributed by atoms with Crippen molar-refractivity contribution in [1.29, 1.82) is 0 Å². The molecule has 1 saturated carbocycles. The van der Waals surface area contributed by atoms with Gasteiger partial charge in [0.15, 0.2) is 0 Å². The summed E-state index contributed by atoms with van der Waals surface area (Å²) in [7, 11) is 0. The van der Waals surface area contributed by atoms with Crippen LogP contribution in [0.15, 0.2) is 85.1 Å². The van der Waals surface area contributed by atoms with Crippen LogP contribution >= 0.6 is 0 Å². The van der Waals surface area contributed by atoms with E-state index in [2.05, 4.69) is 43.3 Å². The van der Waals surface area contributed by atoms with E-state index in [1.165, 1.54) is 24.8 Å². The van der Waals surface area contributed by atoms with E-state index in [4.69, 9.17) is 4.98 Å². The third-order valence-electron chi connectivity index (χ3n) is 8.09. The first-order valence-corrected chi connectivity index (χ1v) is 15.2. The average Bonchev–Trinajstić information content (AvgIpc) is 3.02. The van der Waals surface area contributed by atoms with Gasteiger partial charge >= 0.3 is 0 Å². The van der Waals surface area contributed by atoms with E-state index in [-0.39, 0.29) is 17.2 Å². The second-order valence-electron chi connectivity index (χ2n) is 12.2. The molecule has 0 radical (unpaired) electrons. The number of nitrogens with zero attached hydrogens (tertiary/aromatic N) is 3. The van der Waals surface area contributed by atoms with Gasteiger partial charge in [-0.05, 0) is 85.3 Å². The van der Waals surface area contributed by atoms with Crippen LogP contribution in [0.2, 0.25) is 0 Å². The van der Waals surface area contributed by atoms with Gasteiger partial charge in [0.05, 0.1) is 5.69 Å². The fourth-order valence-electron chi connectivity index (χ4n) is 5.61. The van der Waals surface area contributed by atoms with Crippen LogP contribution in [0, 0.1) is 0 Å². The van der Waals surface area contributed by atoms with Gasteiger partial charge in [-0.1, -0.05) is 64.3 Å². The number of carbonyl (C=O) groups excluding carboxylic acids is 2. The van der Waals surface area contributed by atoms with Crippen molar-refractivity contribution >= 4 is 29.1 Å². The standard InChI is InChI=1S/C36H41N5O2/c1-5-41(31-12-7-6-8-13-31)34(43)26-16-20-29(21-17-26)39-35-37-23-22-32(40-35)27-10-9-11-30(24-27)38-33(42)25-14-18-28(19-15-25)36(2,3)4/h9-11,14-24,31H,5-8,12-13H2,1-4H3,(H,38,42)(H,37,39,40). The number of carbonyl (C=O) groups is 2. The Morgan fingerprint density at radius 3 is 2.23 bits per heavy atom. The Kier molecular flexibility index (Phi) is 9.19. The first-order chi connectivity index (χ1) is 20.7. The predicted octanol–water partition coefficient (Wildman–Crippen LogP) is 8.23. The van der Waals surface area contributed by atoms with Crippen LogP contribution in [0.4, 0.5) is 17.3 Å². The third kappa shape index (κ3) is 7.47. The van der Waals surface area contributed by atoms with Gasteiger partial charge in [-0.15, -0.1) is 0 Å². The molecule has 0 spiro atoms. The van der Waals surface area contributed by atoms with Crippen molar-refractivity contribution in [3.8, 4) is 11.3 Å². The first kappa shape index (κ1) is 30.0. The Morgan fingerprint density at radius 1 is 0.860 bits per heavy atom. The van der Waals surface area contributed by atoms with Gasteiger partial charge in [-0.25, -0.2) is 9.97 Å². The van der Waals surface area contributed by atoms with Crippen LogP contribution in [0.1, 0.15) is 86.1 Å². The second-order valence-corrected chi connectivity index (χ2v) is 12.2. The number of nitrogens with one attached hydrogen (secondary N) is 2. The van der Waals surface area contributed by atoms with Crippen molar-refractivity contribution in [2.45, 2.75) is 71.3 Å². The summed E-state index contributed by atoms with van der Waals surface area (Å²) in [6, 6.07) is 25.0. The van der Waals surface area contributed by atoms with E-state index in [1.54, 1.807) is 6.20 Å². The number of rotatable bonds is 8. The zero-order valence-corrected chi connectivity index (χ0v) is 25.6. The van der Waals surface area contributed by atoms with Gasteiger partial charge in [0.25, 0.3) is 11.8 Å². The molecule has 1 aliphatic carbocycles. The Balaban J connectivity index is 1.24. The zero-order chi connectivity index (χ0) is 30.4. The lowest BCUT2D eigenvalue weighted by molar-refractivity contribution is 0.0648. The number of amides is 2. The molecule has 7 nitrogen and oxygen atoms in total. The first-order valence-electron chi connectivity index (χ1n) is 15.2. The highest BCUT2D eigenvalue weighted by atomic mass is 16.2. The zero-order valence-electron chi connectivity index (χ0n) is 25.6. The van der Waals surface area contributed by atoms with E-state index in [1.807, 2.05) is 83.8 Å². The number of hydrogen-bond acceptors (Lipinski definition) is 5. The lowest BCUT2D eigenvalue weighted by Crippen LogP contribution is -2.41. The maximum Gasteiger partial charge on any atom is 0.255 e. The molecule has 0 aliphatic heterocycles. The largest absolute Gasteiger partial charge is 0.336 e. The van der Waals surface area contributed by atoms with Gasteiger partial charge < -0.3 is 15.5 Å². The minimum atomic E-state index is -0.162. The molecule has 2 N–H and O–H groups in total. The van der Waals surface area contributed by atoms with Gasteiger partial charge in [0.2, 0.25) is 5.95 Å². The normalized spacial score (nSPS) is 13.8. The third-order valence-corrected chi connectivity index (χ3v) is 8.09. The quantitative estimate of drug-likeness (QED) is 0.221. The molecule has 3 aromatic carbocycles. The highest BCUT2D eigenvalue weighted by Gasteiger charge is 2.25.